The summed E-state index contributed by atoms with van der Waals surface area (Å²) in [5.74, 6) is 0.882. The highest BCUT2D eigenvalue weighted by Gasteiger charge is 2.23. The van der Waals surface area contributed by atoms with Crippen LogP contribution in [0.15, 0.2) is 36.4 Å². The van der Waals surface area contributed by atoms with Gasteiger partial charge in [-0.25, -0.2) is 0 Å². The van der Waals surface area contributed by atoms with E-state index in [1.807, 2.05) is 31.2 Å². The van der Waals surface area contributed by atoms with Crippen molar-refractivity contribution in [3.8, 4) is 11.8 Å². The number of aryl methyl sites for hydroxylation is 2. The number of rotatable bonds is 3. The second kappa shape index (κ2) is 5.49. The number of hydrogen-bond acceptors (Lipinski definition) is 3. The molecule has 0 aliphatic heterocycles. The van der Waals surface area contributed by atoms with Crippen LogP contribution in [0.3, 0.4) is 0 Å². The molecule has 1 aliphatic carbocycles. The average Bonchev–Trinajstić information content (AvgIpc) is 2.90. The molecule has 3 rings (SSSR count). The second-order valence-electron chi connectivity index (χ2n) is 5.41. The van der Waals surface area contributed by atoms with Gasteiger partial charge >= 0.3 is 0 Å². The molecule has 1 N–H and O–H groups in total. The number of ether oxygens (including phenoxy) is 1. The molecule has 106 valence electrons. The first-order valence-electron chi connectivity index (χ1n) is 7.16. The molecule has 0 aromatic heterocycles. The van der Waals surface area contributed by atoms with E-state index in [-0.39, 0.29) is 6.04 Å². The van der Waals surface area contributed by atoms with Crippen molar-refractivity contribution in [2.75, 3.05) is 12.4 Å². The van der Waals surface area contributed by atoms with Crippen LogP contribution in [0.4, 0.5) is 5.69 Å². The standard InChI is InChI=1S/C18H18N2O/c1-12-4-3-5-17(16(12)11-19)20-18-9-7-13-6-8-14(21-2)10-15(13)18/h3-6,8,10,18,20H,7,9H2,1-2H3. The lowest BCUT2D eigenvalue weighted by atomic mass is 10.0. The summed E-state index contributed by atoms with van der Waals surface area (Å²) in [5.41, 5.74) is 5.29. The van der Waals surface area contributed by atoms with Crippen LogP contribution in [0.25, 0.3) is 0 Å². The minimum atomic E-state index is 0.240. The number of benzene rings is 2. The predicted octanol–water partition coefficient (Wildman–Crippen LogP) is 3.97. The van der Waals surface area contributed by atoms with Crippen molar-refractivity contribution in [1.29, 1.82) is 5.26 Å². The Labute approximate surface area is 125 Å². The van der Waals surface area contributed by atoms with Crippen LogP contribution in [0.2, 0.25) is 0 Å². The normalized spacial score (nSPS) is 16.1. The highest BCUT2D eigenvalue weighted by atomic mass is 16.5. The fraction of sp³-hybridized carbons (Fsp3) is 0.278. The molecule has 3 nitrogen and oxygen atoms in total. The zero-order valence-corrected chi connectivity index (χ0v) is 12.3. The fourth-order valence-electron chi connectivity index (χ4n) is 2.98. The molecule has 0 spiro atoms. The van der Waals surface area contributed by atoms with Crippen molar-refractivity contribution in [2.45, 2.75) is 25.8 Å². The Morgan fingerprint density at radius 3 is 2.90 bits per heavy atom. The number of nitrogens with zero attached hydrogens (tertiary/aromatic N) is 1. The third-order valence-corrected chi connectivity index (χ3v) is 4.15. The third-order valence-electron chi connectivity index (χ3n) is 4.15. The number of nitriles is 1. The van der Waals surface area contributed by atoms with Gasteiger partial charge in [-0.15, -0.1) is 0 Å². The summed E-state index contributed by atoms with van der Waals surface area (Å²) in [5, 5.41) is 12.9. The van der Waals surface area contributed by atoms with Gasteiger partial charge in [-0.05, 0) is 54.7 Å². The molecule has 0 saturated carbocycles. The van der Waals surface area contributed by atoms with Crippen LogP contribution in [0, 0.1) is 18.3 Å². The maximum atomic E-state index is 9.34. The molecule has 21 heavy (non-hydrogen) atoms. The number of nitrogens with one attached hydrogen (secondary N) is 1. The average molecular weight is 278 g/mol. The molecular weight excluding hydrogens is 260 g/mol. The van der Waals surface area contributed by atoms with Crippen molar-refractivity contribution in [2.24, 2.45) is 0 Å². The number of fused-ring (bicyclic) bond motifs is 1. The first-order valence-corrected chi connectivity index (χ1v) is 7.16. The molecule has 1 atom stereocenters. The predicted molar refractivity (Wildman–Crippen MR) is 83.6 cm³/mol. The number of methoxy groups -OCH3 is 1. The zero-order valence-electron chi connectivity index (χ0n) is 12.3. The van der Waals surface area contributed by atoms with Gasteiger partial charge in [0, 0.05) is 0 Å². The van der Waals surface area contributed by atoms with Gasteiger partial charge in [0.15, 0.2) is 0 Å². The monoisotopic (exact) mass is 278 g/mol. The van der Waals surface area contributed by atoms with Crippen LogP contribution in [0.5, 0.6) is 5.75 Å². The molecule has 1 aliphatic rings. The molecule has 0 fully saturated rings. The van der Waals surface area contributed by atoms with E-state index >= 15 is 0 Å². The van der Waals surface area contributed by atoms with Crippen molar-refractivity contribution in [3.05, 3.63) is 58.7 Å². The largest absolute Gasteiger partial charge is 0.497 e. The molecule has 2 aromatic carbocycles. The Morgan fingerprint density at radius 2 is 2.14 bits per heavy atom. The first-order chi connectivity index (χ1) is 10.2. The first kappa shape index (κ1) is 13.5. The lowest BCUT2D eigenvalue weighted by Crippen LogP contribution is -2.09. The topological polar surface area (TPSA) is 45.0 Å². The molecule has 3 heteroatoms. The Balaban J connectivity index is 1.93. The zero-order chi connectivity index (χ0) is 14.8. The van der Waals surface area contributed by atoms with Crippen LogP contribution in [-0.2, 0) is 6.42 Å². The summed E-state index contributed by atoms with van der Waals surface area (Å²) in [6, 6.07) is 14.7. The van der Waals surface area contributed by atoms with E-state index in [4.69, 9.17) is 4.74 Å². The molecule has 0 saturated heterocycles. The van der Waals surface area contributed by atoms with E-state index in [0.717, 1.165) is 35.4 Å². The SMILES string of the molecule is COc1ccc2c(c1)C(Nc1cccc(C)c1C#N)CC2. The van der Waals surface area contributed by atoms with Crippen LogP contribution < -0.4 is 10.1 Å². The summed E-state index contributed by atoms with van der Waals surface area (Å²) in [6.07, 6.45) is 2.10. The summed E-state index contributed by atoms with van der Waals surface area (Å²) < 4.78 is 5.32. The van der Waals surface area contributed by atoms with Crippen LogP contribution in [0.1, 0.15) is 34.7 Å². The van der Waals surface area contributed by atoms with E-state index in [0.29, 0.717) is 0 Å². The molecule has 0 amide bonds. The molecule has 0 bridgehead atoms. The Kier molecular flexibility index (Phi) is 3.53. The minimum absolute atomic E-state index is 0.240. The number of hydrogen-bond donors (Lipinski definition) is 1. The quantitative estimate of drug-likeness (QED) is 0.923. The highest BCUT2D eigenvalue weighted by Crippen LogP contribution is 2.36. The van der Waals surface area contributed by atoms with Gasteiger partial charge < -0.3 is 10.1 Å². The van der Waals surface area contributed by atoms with Crippen molar-refractivity contribution >= 4 is 5.69 Å². The van der Waals surface area contributed by atoms with Crippen molar-refractivity contribution in [1.82, 2.24) is 0 Å². The molecule has 1 unspecified atom stereocenters. The summed E-state index contributed by atoms with van der Waals surface area (Å²) in [4.78, 5) is 0. The van der Waals surface area contributed by atoms with E-state index in [1.165, 1.54) is 11.1 Å². The molecule has 2 aromatic rings. The Morgan fingerprint density at radius 1 is 1.29 bits per heavy atom. The lowest BCUT2D eigenvalue weighted by molar-refractivity contribution is 0.414. The maximum Gasteiger partial charge on any atom is 0.119 e. The van der Waals surface area contributed by atoms with Gasteiger partial charge in [-0.1, -0.05) is 18.2 Å². The lowest BCUT2D eigenvalue weighted by Gasteiger charge is -2.18. The highest BCUT2D eigenvalue weighted by molar-refractivity contribution is 5.62. The van der Waals surface area contributed by atoms with Crippen LogP contribution >= 0.6 is 0 Å². The molecule has 0 radical (unpaired) electrons. The maximum absolute atomic E-state index is 9.34. The molecule has 0 heterocycles. The smallest absolute Gasteiger partial charge is 0.119 e. The molecular formula is C18H18N2O. The van der Waals surface area contributed by atoms with Gasteiger partial charge in [-0.2, -0.15) is 5.26 Å². The Bertz CT molecular complexity index is 716. The second-order valence-corrected chi connectivity index (χ2v) is 5.41. The van der Waals surface area contributed by atoms with Gasteiger partial charge in [0.1, 0.15) is 11.8 Å². The van der Waals surface area contributed by atoms with E-state index < -0.39 is 0 Å². The summed E-state index contributed by atoms with van der Waals surface area (Å²) in [6.45, 7) is 1.97. The van der Waals surface area contributed by atoms with E-state index in [9.17, 15) is 5.26 Å². The third kappa shape index (κ3) is 2.45. The van der Waals surface area contributed by atoms with Crippen molar-refractivity contribution in [3.63, 3.8) is 0 Å². The summed E-state index contributed by atoms with van der Waals surface area (Å²) >= 11 is 0. The summed E-state index contributed by atoms with van der Waals surface area (Å²) in [7, 11) is 1.69. The Hall–Kier alpha value is -2.47. The minimum Gasteiger partial charge on any atom is -0.497 e. The van der Waals surface area contributed by atoms with Gasteiger partial charge in [0.25, 0.3) is 0 Å². The number of anilines is 1. The fourth-order valence-corrected chi connectivity index (χ4v) is 2.98. The van der Waals surface area contributed by atoms with Gasteiger partial charge in [0.2, 0.25) is 0 Å². The van der Waals surface area contributed by atoms with Gasteiger partial charge in [0.05, 0.1) is 24.4 Å². The van der Waals surface area contributed by atoms with Gasteiger partial charge in [-0.3, -0.25) is 0 Å². The van der Waals surface area contributed by atoms with E-state index in [1.54, 1.807) is 7.11 Å². The van der Waals surface area contributed by atoms with E-state index in [2.05, 4.69) is 23.5 Å². The van der Waals surface area contributed by atoms with Crippen molar-refractivity contribution < 1.29 is 4.74 Å². The van der Waals surface area contributed by atoms with Crippen LogP contribution in [-0.4, -0.2) is 7.11 Å².